The van der Waals surface area contributed by atoms with E-state index >= 15 is 0 Å². The zero-order valence-electron chi connectivity index (χ0n) is 17.0. The van der Waals surface area contributed by atoms with Crippen molar-refractivity contribution in [1.82, 2.24) is 0 Å². The third kappa shape index (κ3) is 7.23. The standard InChI is InChI=1S/C22H28ClO4P.Li.H/c1-6-14(3)26-16-11-12-20(19(13-16)27-15(4)7-2)28-22(24)21-17(23)9-8-10-18(21)25-5;;/h8-15,28H,6-7H2,1-5H3;;. The van der Waals surface area contributed by atoms with E-state index in [2.05, 4.69) is 13.8 Å². The van der Waals surface area contributed by atoms with Crippen molar-refractivity contribution in [1.29, 1.82) is 0 Å². The molecule has 0 heterocycles. The van der Waals surface area contributed by atoms with E-state index in [-0.39, 0.29) is 45.2 Å². The Balaban J connectivity index is 0.00000420. The zero-order valence-corrected chi connectivity index (χ0v) is 18.8. The number of methoxy groups -OCH3 is 1. The van der Waals surface area contributed by atoms with Gasteiger partial charge in [0.2, 0.25) is 0 Å². The molecule has 0 aromatic heterocycles. The molecule has 7 heteroatoms. The molecule has 0 aliphatic heterocycles. The van der Waals surface area contributed by atoms with Gasteiger partial charge in [-0.15, -0.1) is 0 Å². The molecule has 0 aliphatic rings. The van der Waals surface area contributed by atoms with Crippen LogP contribution in [0.15, 0.2) is 36.4 Å². The van der Waals surface area contributed by atoms with Gasteiger partial charge >= 0.3 is 18.9 Å². The molecule has 0 bridgehead atoms. The summed E-state index contributed by atoms with van der Waals surface area (Å²) in [6.07, 6.45) is 1.92. The topological polar surface area (TPSA) is 44.8 Å². The minimum atomic E-state index is -0.140. The molecule has 154 valence electrons. The van der Waals surface area contributed by atoms with Crippen LogP contribution in [0.5, 0.6) is 17.2 Å². The van der Waals surface area contributed by atoms with E-state index in [4.69, 9.17) is 25.8 Å². The molecule has 0 amide bonds. The van der Waals surface area contributed by atoms with Crippen LogP contribution in [0.2, 0.25) is 5.02 Å². The molecule has 0 N–H and O–H groups in total. The number of ether oxygens (including phenoxy) is 3. The predicted octanol–water partition coefficient (Wildman–Crippen LogP) is 5.20. The Bertz CT molecular complexity index is 815. The van der Waals surface area contributed by atoms with Crippen LogP contribution in [-0.2, 0) is 0 Å². The summed E-state index contributed by atoms with van der Waals surface area (Å²) in [5.74, 6) is 1.89. The second-order valence-corrected chi connectivity index (χ2v) is 8.25. The summed E-state index contributed by atoms with van der Waals surface area (Å²) >= 11 is 6.27. The Morgan fingerprint density at radius 3 is 2.31 bits per heavy atom. The molecule has 0 spiro atoms. The van der Waals surface area contributed by atoms with E-state index in [1.807, 2.05) is 32.0 Å². The number of rotatable bonds is 10. The van der Waals surface area contributed by atoms with Crippen molar-refractivity contribution >= 4 is 49.9 Å². The van der Waals surface area contributed by atoms with Crippen molar-refractivity contribution in [3.8, 4) is 17.2 Å². The Hall–Kier alpha value is -1.17. The molecule has 0 saturated carbocycles. The average molecular weight is 431 g/mol. The summed E-state index contributed by atoms with van der Waals surface area (Å²) in [6, 6.07) is 10.9. The van der Waals surface area contributed by atoms with Crippen molar-refractivity contribution in [2.45, 2.75) is 52.7 Å². The summed E-state index contributed by atoms with van der Waals surface area (Å²) in [7, 11) is 1.39. The van der Waals surface area contributed by atoms with Gasteiger partial charge in [-0.2, -0.15) is 0 Å². The third-order valence-corrected chi connectivity index (χ3v) is 5.91. The first-order valence-electron chi connectivity index (χ1n) is 9.50. The van der Waals surface area contributed by atoms with Crippen molar-refractivity contribution < 1.29 is 19.0 Å². The summed E-state index contributed by atoms with van der Waals surface area (Å²) in [6.45, 7) is 8.17. The van der Waals surface area contributed by atoms with Crippen LogP contribution < -0.4 is 19.5 Å². The minimum absolute atomic E-state index is 0. The molecule has 3 unspecified atom stereocenters. The molecular weight excluding hydrogens is 402 g/mol. The fourth-order valence-electron chi connectivity index (χ4n) is 2.47. The van der Waals surface area contributed by atoms with Gasteiger partial charge in [-0.3, -0.25) is 4.79 Å². The molecule has 0 fully saturated rings. The molecule has 29 heavy (non-hydrogen) atoms. The predicted molar refractivity (Wildman–Crippen MR) is 125 cm³/mol. The first-order chi connectivity index (χ1) is 13.4. The van der Waals surface area contributed by atoms with Crippen molar-refractivity contribution in [3.05, 3.63) is 47.0 Å². The van der Waals surface area contributed by atoms with Crippen molar-refractivity contribution in [3.63, 3.8) is 0 Å². The number of halogens is 1. The van der Waals surface area contributed by atoms with Gasteiger partial charge < -0.3 is 14.2 Å². The van der Waals surface area contributed by atoms with Gasteiger partial charge in [0.15, 0.2) is 5.52 Å². The van der Waals surface area contributed by atoms with Gasteiger partial charge in [0.1, 0.15) is 17.2 Å². The second-order valence-electron chi connectivity index (χ2n) is 6.60. The van der Waals surface area contributed by atoms with Gasteiger partial charge in [0.05, 0.1) is 29.9 Å². The fourth-order valence-corrected chi connectivity index (χ4v) is 3.85. The zero-order chi connectivity index (χ0) is 20.7. The maximum atomic E-state index is 13.0. The molecule has 2 rings (SSSR count). The molecule has 0 saturated heterocycles. The number of hydrogen-bond acceptors (Lipinski definition) is 4. The van der Waals surface area contributed by atoms with Crippen LogP contribution in [-0.4, -0.2) is 43.7 Å². The van der Waals surface area contributed by atoms with Crippen LogP contribution >= 0.6 is 20.2 Å². The fraction of sp³-hybridized carbons (Fsp3) is 0.409. The van der Waals surface area contributed by atoms with Gasteiger partial charge in [-0.25, -0.2) is 0 Å². The normalized spacial score (nSPS) is 12.9. The summed E-state index contributed by atoms with van der Waals surface area (Å²) in [5.41, 5.74) is 0.312. The Kier molecular flexibility index (Phi) is 11.2. The number of carbonyl (C=O) groups excluding carboxylic acids is 1. The summed E-state index contributed by atoms with van der Waals surface area (Å²) in [4.78, 5) is 13.0. The Morgan fingerprint density at radius 1 is 1.03 bits per heavy atom. The van der Waals surface area contributed by atoms with Crippen LogP contribution in [0.1, 0.15) is 50.9 Å². The molecule has 2 aromatic carbocycles. The second kappa shape index (κ2) is 12.5. The first-order valence-corrected chi connectivity index (χ1v) is 10.9. The molecule has 0 aliphatic carbocycles. The Morgan fingerprint density at radius 2 is 1.69 bits per heavy atom. The number of benzene rings is 2. The first kappa shape index (κ1) is 25.9. The van der Waals surface area contributed by atoms with E-state index < -0.39 is 0 Å². The summed E-state index contributed by atoms with van der Waals surface area (Å²) < 4.78 is 17.3. The molecule has 2 aromatic rings. The molecule has 3 atom stereocenters. The van der Waals surface area contributed by atoms with Gasteiger partial charge in [-0.05, 0) is 59.5 Å². The van der Waals surface area contributed by atoms with Crippen molar-refractivity contribution in [2.75, 3.05) is 7.11 Å². The van der Waals surface area contributed by atoms with Gasteiger partial charge in [-0.1, -0.05) is 31.5 Å². The average Bonchev–Trinajstić information content (AvgIpc) is 2.69. The van der Waals surface area contributed by atoms with Crippen LogP contribution in [0.3, 0.4) is 0 Å². The van der Waals surface area contributed by atoms with Crippen LogP contribution in [0.4, 0.5) is 0 Å². The number of hydrogen-bond donors (Lipinski definition) is 0. The van der Waals surface area contributed by atoms with Gasteiger partial charge in [0.25, 0.3) is 0 Å². The quantitative estimate of drug-likeness (QED) is 0.384. The van der Waals surface area contributed by atoms with Crippen LogP contribution in [0.25, 0.3) is 0 Å². The molecular formula is C22H29ClLiO4P. The maximum absolute atomic E-state index is 13.0. The third-order valence-electron chi connectivity index (χ3n) is 4.44. The van der Waals surface area contributed by atoms with E-state index in [1.165, 1.54) is 7.11 Å². The van der Waals surface area contributed by atoms with Crippen LogP contribution in [0, 0.1) is 0 Å². The van der Waals surface area contributed by atoms with Crippen molar-refractivity contribution in [2.24, 2.45) is 0 Å². The van der Waals surface area contributed by atoms with E-state index in [0.29, 0.717) is 22.1 Å². The van der Waals surface area contributed by atoms with Gasteiger partial charge in [0, 0.05) is 11.4 Å². The summed E-state index contributed by atoms with van der Waals surface area (Å²) in [5, 5.41) is 1.21. The SMILES string of the molecule is CCC(C)Oc1ccc(PC(=O)c2c(Cl)cccc2OC)c(OC(C)CC)c1.[LiH]. The molecule has 0 radical (unpaired) electrons. The number of carbonyl (C=O) groups is 1. The Labute approximate surface area is 192 Å². The van der Waals surface area contributed by atoms with E-state index in [0.717, 1.165) is 23.9 Å². The van der Waals surface area contributed by atoms with E-state index in [9.17, 15) is 4.79 Å². The molecule has 4 nitrogen and oxygen atoms in total. The monoisotopic (exact) mass is 430 g/mol. The van der Waals surface area contributed by atoms with E-state index in [1.54, 1.807) is 18.2 Å².